The summed E-state index contributed by atoms with van der Waals surface area (Å²) in [6.07, 6.45) is 0. The van der Waals surface area contributed by atoms with Crippen molar-refractivity contribution in [2.45, 2.75) is 0 Å². The van der Waals surface area contributed by atoms with Gasteiger partial charge in [0.25, 0.3) is 0 Å². The zero-order valence-electron chi connectivity index (χ0n) is 11.8. The van der Waals surface area contributed by atoms with Crippen LogP contribution in [0.15, 0.2) is 24.3 Å². The molecule has 0 aliphatic carbocycles. The Hall–Kier alpha value is -1.30. The average molecular weight is 302 g/mol. The molecule has 1 amide bonds. The van der Waals surface area contributed by atoms with E-state index in [9.17, 15) is 4.79 Å². The smallest absolute Gasteiger partial charge is 0.248 e. The largest absolute Gasteiger partial charge is 0.492 e. The van der Waals surface area contributed by atoms with Crippen molar-refractivity contribution in [2.24, 2.45) is 0 Å². The molecule has 0 spiro atoms. The second-order valence-corrected chi connectivity index (χ2v) is 4.60. The van der Waals surface area contributed by atoms with E-state index in [0.717, 1.165) is 5.75 Å². The van der Waals surface area contributed by atoms with E-state index in [2.05, 4.69) is 0 Å². The van der Waals surface area contributed by atoms with Gasteiger partial charge in [-0.25, -0.2) is 0 Å². The normalized spacial score (nSPS) is 10.3. The Kier molecular flexibility index (Phi) is 8.02. The monoisotopic (exact) mass is 301 g/mol. The van der Waals surface area contributed by atoms with E-state index in [-0.39, 0.29) is 12.5 Å². The highest BCUT2D eigenvalue weighted by Crippen LogP contribution is 2.15. The van der Waals surface area contributed by atoms with E-state index in [1.165, 1.54) is 0 Å². The number of nitrogens with zero attached hydrogens (tertiary/aromatic N) is 1. The lowest BCUT2D eigenvalue weighted by Gasteiger charge is -2.17. The molecule has 0 atom stereocenters. The van der Waals surface area contributed by atoms with Gasteiger partial charge in [-0.2, -0.15) is 0 Å². The van der Waals surface area contributed by atoms with Crippen LogP contribution in [-0.4, -0.2) is 57.9 Å². The number of benzene rings is 1. The van der Waals surface area contributed by atoms with E-state index in [1.54, 1.807) is 43.3 Å². The lowest BCUT2D eigenvalue weighted by molar-refractivity contribution is -0.135. The molecule has 20 heavy (non-hydrogen) atoms. The van der Waals surface area contributed by atoms with Gasteiger partial charge in [-0.3, -0.25) is 4.79 Å². The molecule has 0 aliphatic rings. The molecule has 1 aromatic rings. The van der Waals surface area contributed by atoms with Gasteiger partial charge >= 0.3 is 0 Å². The molecule has 0 saturated heterocycles. The standard InChI is InChI=1S/C14H20ClNO4/c1-16(14(17)11-19-10-9-18-2)7-8-20-13-5-3-12(15)4-6-13/h3-6H,7-11H2,1-2H3. The summed E-state index contributed by atoms with van der Waals surface area (Å²) < 4.78 is 15.5. The SMILES string of the molecule is COCCOCC(=O)N(C)CCOc1ccc(Cl)cc1. The van der Waals surface area contributed by atoms with Crippen molar-refractivity contribution in [1.29, 1.82) is 0 Å². The minimum atomic E-state index is -0.0826. The highest BCUT2D eigenvalue weighted by Gasteiger charge is 2.08. The molecule has 0 radical (unpaired) electrons. The molecular formula is C14H20ClNO4. The van der Waals surface area contributed by atoms with Crippen LogP contribution in [0.1, 0.15) is 0 Å². The van der Waals surface area contributed by atoms with Crippen molar-refractivity contribution >= 4 is 17.5 Å². The highest BCUT2D eigenvalue weighted by atomic mass is 35.5. The maximum Gasteiger partial charge on any atom is 0.248 e. The first-order valence-electron chi connectivity index (χ1n) is 6.32. The molecule has 0 aliphatic heterocycles. The average Bonchev–Trinajstić information content (AvgIpc) is 2.45. The third-order valence-electron chi connectivity index (χ3n) is 2.59. The van der Waals surface area contributed by atoms with Gasteiger partial charge in [-0.15, -0.1) is 0 Å². The molecular weight excluding hydrogens is 282 g/mol. The zero-order valence-corrected chi connectivity index (χ0v) is 12.6. The number of hydrogen-bond acceptors (Lipinski definition) is 4. The number of rotatable bonds is 9. The Labute approximate surface area is 124 Å². The zero-order chi connectivity index (χ0) is 14.8. The fourth-order valence-corrected chi connectivity index (χ4v) is 1.49. The van der Waals surface area contributed by atoms with Gasteiger partial charge in [0.1, 0.15) is 19.0 Å². The number of carbonyl (C=O) groups is 1. The van der Waals surface area contributed by atoms with Gasteiger partial charge in [0, 0.05) is 19.2 Å². The van der Waals surface area contributed by atoms with Crippen molar-refractivity contribution in [3.63, 3.8) is 0 Å². The molecule has 5 nitrogen and oxygen atoms in total. The summed E-state index contributed by atoms with van der Waals surface area (Å²) in [6.45, 7) is 1.87. The van der Waals surface area contributed by atoms with Crippen molar-refractivity contribution in [3.05, 3.63) is 29.3 Å². The van der Waals surface area contributed by atoms with Crippen molar-refractivity contribution in [3.8, 4) is 5.75 Å². The van der Waals surface area contributed by atoms with E-state index in [0.29, 0.717) is 31.4 Å². The fraction of sp³-hybridized carbons (Fsp3) is 0.500. The number of halogens is 1. The van der Waals surface area contributed by atoms with Crippen molar-refractivity contribution < 1.29 is 19.0 Å². The third-order valence-corrected chi connectivity index (χ3v) is 2.84. The summed E-state index contributed by atoms with van der Waals surface area (Å²) in [4.78, 5) is 13.3. The van der Waals surface area contributed by atoms with E-state index >= 15 is 0 Å². The van der Waals surface area contributed by atoms with Gasteiger partial charge in [0.05, 0.1) is 19.8 Å². The van der Waals surface area contributed by atoms with Gasteiger partial charge in [-0.05, 0) is 24.3 Å². The Balaban J connectivity index is 2.17. The Morgan fingerprint density at radius 1 is 1.20 bits per heavy atom. The Bertz CT molecular complexity index is 397. The number of hydrogen-bond donors (Lipinski definition) is 0. The topological polar surface area (TPSA) is 48.0 Å². The summed E-state index contributed by atoms with van der Waals surface area (Å²) in [7, 11) is 3.30. The first-order chi connectivity index (χ1) is 9.63. The van der Waals surface area contributed by atoms with Gasteiger partial charge in [0.15, 0.2) is 0 Å². The number of likely N-dealkylation sites (N-methyl/N-ethyl adjacent to an activating group) is 1. The second kappa shape index (κ2) is 9.58. The van der Waals surface area contributed by atoms with Crippen LogP contribution in [0.5, 0.6) is 5.75 Å². The Morgan fingerprint density at radius 2 is 1.90 bits per heavy atom. The van der Waals surface area contributed by atoms with Crippen LogP contribution in [0.4, 0.5) is 0 Å². The number of carbonyl (C=O) groups excluding carboxylic acids is 1. The minimum absolute atomic E-state index is 0.0564. The molecule has 0 unspecified atom stereocenters. The molecule has 1 aromatic carbocycles. The van der Waals surface area contributed by atoms with Crippen LogP contribution in [0, 0.1) is 0 Å². The predicted octanol–water partition coefficient (Wildman–Crippen LogP) is 1.84. The molecule has 0 N–H and O–H groups in total. The van der Waals surface area contributed by atoms with Crippen LogP contribution < -0.4 is 4.74 Å². The minimum Gasteiger partial charge on any atom is -0.492 e. The molecule has 6 heteroatoms. The van der Waals surface area contributed by atoms with Crippen molar-refractivity contribution in [1.82, 2.24) is 4.90 Å². The summed E-state index contributed by atoms with van der Waals surface area (Å²) in [5.41, 5.74) is 0. The number of ether oxygens (including phenoxy) is 3. The highest BCUT2D eigenvalue weighted by molar-refractivity contribution is 6.30. The van der Waals surface area contributed by atoms with E-state index < -0.39 is 0 Å². The van der Waals surface area contributed by atoms with Crippen LogP contribution in [0.25, 0.3) is 0 Å². The van der Waals surface area contributed by atoms with E-state index in [4.69, 9.17) is 25.8 Å². The Morgan fingerprint density at radius 3 is 2.55 bits per heavy atom. The molecule has 1 rings (SSSR count). The van der Waals surface area contributed by atoms with Gasteiger partial charge in [0.2, 0.25) is 5.91 Å². The second-order valence-electron chi connectivity index (χ2n) is 4.16. The summed E-state index contributed by atoms with van der Waals surface area (Å²) >= 11 is 5.78. The van der Waals surface area contributed by atoms with Crippen LogP contribution >= 0.6 is 11.6 Å². The third kappa shape index (κ3) is 6.75. The van der Waals surface area contributed by atoms with Crippen LogP contribution in [0.3, 0.4) is 0 Å². The molecule has 0 saturated carbocycles. The maximum absolute atomic E-state index is 11.7. The molecule has 0 fully saturated rings. The summed E-state index contributed by atoms with van der Waals surface area (Å²) in [6, 6.07) is 7.10. The summed E-state index contributed by atoms with van der Waals surface area (Å²) in [5, 5.41) is 0.665. The summed E-state index contributed by atoms with van der Waals surface area (Å²) in [5.74, 6) is 0.646. The van der Waals surface area contributed by atoms with Gasteiger partial charge in [-0.1, -0.05) is 11.6 Å². The molecule has 0 heterocycles. The van der Waals surface area contributed by atoms with Crippen LogP contribution in [0.2, 0.25) is 5.02 Å². The first-order valence-corrected chi connectivity index (χ1v) is 6.70. The molecule has 0 bridgehead atoms. The van der Waals surface area contributed by atoms with Crippen molar-refractivity contribution in [2.75, 3.05) is 47.1 Å². The van der Waals surface area contributed by atoms with Gasteiger partial charge < -0.3 is 19.1 Å². The van der Waals surface area contributed by atoms with Crippen LogP contribution in [-0.2, 0) is 14.3 Å². The number of methoxy groups -OCH3 is 1. The fourth-order valence-electron chi connectivity index (χ4n) is 1.37. The number of amides is 1. The van der Waals surface area contributed by atoms with E-state index in [1.807, 2.05) is 0 Å². The molecule has 112 valence electrons. The maximum atomic E-state index is 11.7. The lowest BCUT2D eigenvalue weighted by atomic mass is 10.3. The predicted molar refractivity (Wildman–Crippen MR) is 77.3 cm³/mol. The molecule has 0 aromatic heterocycles. The lowest BCUT2D eigenvalue weighted by Crippen LogP contribution is -2.34. The first kappa shape index (κ1) is 16.8. The quantitative estimate of drug-likeness (QED) is 0.653.